The molecule has 1 rings (SSSR count). The number of rotatable bonds is 4. The Hall–Kier alpha value is -2.11. The van der Waals surface area contributed by atoms with Gasteiger partial charge in [-0.15, -0.1) is 0 Å². The van der Waals surface area contributed by atoms with E-state index in [4.69, 9.17) is 9.47 Å². The first-order valence-electron chi connectivity index (χ1n) is 6.35. The molecule has 5 nitrogen and oxygen atoms in total. The molecule has 0 heterocycles. The summed E-state index contributed by atoms with van der Waals surface area (Å²) in [6.45, 7) is 5.17. The van der Waals surface area contributed by atoms with E-state index in [1.807, 2.05) is 0 Å². The number of ether oxygens (including phenoxy) is 3. The Morgan fingerprint density at radius 3 is 2.29 bits per heavy atom. The van der Waals surface area contributed by atoms with E-state index in [2.05, 4.69) is 4.74 Å². The highest BCUT2D eigenvalue weighted by Gasteiger charge is 2.24. The van der Waals surface area contributed by atoms with Crippen LogP contribution in [0.15, 0.2) is 12.1 Å². The summed E-state index contributed by atoms with van der Waals surface area (Å²) in [6.07, 6.45) is -0.234. The Morgan fingerprint density at radius 1 is 1.19 bits per heavy atom. The maximum Gasteiger partial charge on any atom is 0.341 e. The molecule has 0 saturated carbocycles. The Balaban J connectivity index is 3.15. The van der Waals surface area contributed by atoms with E-state index in [1.165, 1.54) is 19.2 Å². The molecule has 1 aromatic rings. The lowest BCUT2D eigenvalue weighted by Gasteiger charge is -2.20. The van der Waals surface area contributed by atoms with Crippen LogP contribution in [0, 0.1) is 5.82 Å². The number of hydrogen-bond acceptors (Lipinski definition) is 5. The van der Waals surface area contributed by atoms with E-state index in [0.717, 1.165) is 7.11 Å². The molecule has 0 atom stereocenters. The van der Waals surface area contributed by atoms with Gasteiger partial charge >= 0.3 is 11.9 Å². The second-order valence-electron chi connectivity index (χ2n) is 5.37. The molecule has 0 unspecified atom stereocenters. The van der Waals surface area contributed by atoms with Crippen LogP contribution >= 0.6 is 0 Å². The van der Waals surface area contributed by atoms with E-state index < -0.39 is 23.4 Å². The van der Waals surface area contributed by atoms with E-state index in [0.29, 0.717) is 0 Å². The number of methoxy groups -OCH3 is 2. The van der Waals surface area contributed by atoms with E-state index in [1.54, 1.807) is 20.8 Å². The fraction of sp³-hybridized carbons (Fsp3) is 0.467. The van der Waals surface area contributed by atoms with Crippen LogP contribution < -0.4 is 4.74 Å². The second-order valence-corrected chi connectivity index (χ2v) is 5.37. The van der Waals surface area contributed by atoms with Gasteiger partial charge in [0.15, 0.2) is 11.6 Å². The summed E-state index contributed by atoms with van der Waals surface area (Å²) >= 11 is 0. The number of carbonyl (C=O) groups is 2. The maximum absolute atomic E-state index is 14.2. The van der Waals surface area contributed by atoms with E-state index >= 15 is 0 Å². The number of halogens is 1. The minimum Gasteiger partial charge on any atom is -0.494 e. The highest BCUT2D eigenvalue weighted by atomic mass is 19.1. The lowest BCUT2D eigenvalue weighted by Crippen LogP contribution is -2.25. The quantitative estimate of drug-likeness (QED) is 0.799. The molecule has 0 N–H and O–H groups in total. The average Bonchev–Trinajstić information content (AvgIpc) is 2.36. The molecule has 0 saturated heterocycles. The summed E-state index contributed by atoms with van der Waals surface area (Å²) in [4.78, 5) is 23.5. The van der Waals surface area contributed by atoms with Crippen molar-refractivity contribution in [3.05, 3.63) is 29.1 Å². The predicted molar refractivity (Wildman–Crippen MR) is 73.8 cm³/mol. The molecular formula is C15H19FO5. The zero-order valence-corrected chi connectivity index (χ0v) is 12.8. The average molecular weight is 298 g/mol. The van der Waals surface area contributed by atoms with E-state index in [9.17, 15) is 14.0 Å². The third kappa shape index (κ3) is 4.44. The van der Waals surface area contributed by atoms with E-state index in [-0.39, 0.29) is 23.3 Å². The molecule has 0 aliphatic rings. The summed E-state index contributed by atoms with van der Waals surface area (Å²) in [7, 11) is 2.42. The van der Waals surface area contributed by atoms with Gasteiger partial charge in [-0.1, -0.05) is 6.07 Å². The van der Waals surface area contributed by atoms with Gasteiger partial charge < -0.3 is 14.2 Å². The van der Waals surface area contributed by atoms with Gasteiger partial charge in [-0.2, -0.15) is 0 Å². The molecule has 0 aromatic heterocycles. The molecule has 116 valence electrons. The lowest BCUT2D eigenvalue weighted by atomic mass is 10.0. The first-order chi connectivity index (χ1) is 9.69. The first kappa shape index (κ1) is 16.9. The largest absolute Gasteiger partial charge is 0.494 e. The van der Waals surface area contributed by atoms with Gasteiger partial charge in [0.25, 0.3) is 0 Å². The molecular weight excluding hydrogens is 279 g/mol. The van der Waals surface area contributed by atoms with Gasteiger partial charge in [0.1, 0.15) is 11.2 Å². The van der Waals surface area contributed by atoms with Crippen molar-refractivity contribution in [1.82, 2.24) is 0 Å². The van der Waals surface area contributed by atoms with Crippen LogP contribution in [0.5, 0.6) is 5.75 Å². The fourth-order valence-corrected chi connectivity index (χ4v) is 1.76. The molecule has 21 heavy (non-hydrogen) atoms. The Kier molecular flexibility index (Phi) is 5.29. The molecule has 0 radical (unpaired) electrons. The van der Waals surface area contributed by atoms with Gasteiger partial charge in [0, 0.05) is 0 Å². The van der Waals surface area contributed by atoms with Crippen molar-refractivity contribution in [3.8, 4) is 5.75 Å². The topological polar surface area (TPSA) is 61.8 Å². The SMILES string of the molecule is COC(=O)c1c(CC(=O)OC(C)(C)C)ccc(OC)c1F. The monoisotopic (exact) mass is 298 g/mol. The molecule has 0 aliphatic heterocycles. The van der Waals surface area contributed by atoms with Gasteiger partial charge in [0.2, 0.25) is 0 Å². The van der Waals surface area contributed by atoms with Crippen molar-refractivity contribution >= 4 is 11.9 Å². The van der Waals surface area contributed by atoms with Crippen LogP contribution in [-0.4, -0.2) is 31.8 Å². The van der Waals surface area contributed by atoms with Crippen LogP contribution in [0.2, 0.25) is 0 Å². The third-order valence-corrected chi connectivity index (χ3v) is 2.56. The number of benzene rings is 1. The van der Waals surface area contributed by atoms with Crippen LogP contribution in [0.4, 0.5) is 4.39 Å². The Bertz CT molecular complexity index is 546. The van der Waals surface area contributed by atoms with Crippen LogP contribution in [0.1, 0.15) is 36.7 Å². The summed E-state index contributed by atoms with van der Waals surface area (Å²) < 4.78 is 28.7. The summed E-state index contributed by atoms with van der Waals surface area (Å²) in [5.41, 5.74) is -0.787. The number of carbonyl (C=O) groups excluding carboxylic acids is 2. The van der Waals surface area contributed by atoms with Crippen LogP contribution in [0.3, 0.4) is 0 Å². The van der Waals surface area contributed by atoms with Crippen molar-refractivity contribution in [3.63, 3.8) is 0 Å². The van der Waals surface area contributed by atoms with Gasteiger partial charge in [-0.05, 0) is 32.4 Å². The first-order valence-corrected chi connectivity index (χ1v) is 6.35. The van der Waals surface area contributed by atoms with Crippen molar-refractivity contribution in [2.45, 2.75) is 32.8 Å². The van der Waals surface area contributed by atoms with Crippen molar-refractivity contribution < 1.29 is 28.2 Å². The summed E-state index contributed by atoms with van der Waals surface area (Å²) in [5.74, 6) is -2.38. The normalized spacial score (nSPS) is 11.0. The molecule has 0 amide bonds. The highest BCUT2D eigenvalue weighted by Crippen LogP contribution is 2.25. The predicted octanol–water partition coefficient (Wildman–Crippen LogP) is 2.51. The number of esters is 2. The highest BCUT2D eigenvalue weighted by molar-refractivity contribution is 5.93. The standard InChI is InChI=1S/C15H19FO5/c1-15(2,3)21-11(17)8-9-6-7-10(19-4)13(16)12(9)14(18)20-5/h6-7H,8H2,1-5H3. The molecule has 0 bridgehead atoms. The zero-order valence-electron chi connectivity index (χ0n) is 12.8. The number of hydrogen-bond donors (Lipinski definition) is 0. The zero-order chi connectivity index (χ0) is 16.2. The van der Waals surface area contributed by atoms with Crippen molar-refractivity contribution in [1.29, 1.82) is 0 Å². The summed E-state index contributed by atoms with van der Waals surface area (Å²) in [6, 6.07) is 2.79. The minimum atomic E-state index is -0.870. The smallest absolute Gasteiger partial charge is 0.341 e. The third-order valence-electron chi connectivity index (χ3n) is 2.56. The molecule has 0 spiro atoms. The van der Waals surface area contributed by atoms with Gasteiger partial charge in [-0.25, -0.2) is 9.18 Å². The Labute approximate surface area is 123 Å². The lowest BCUT2D eigenvalue weighted by molar-refractivity contribution is -0.153. The molecule has 0 aliphatic carbocycles. The maximum atomic E-state index is 14.2. The van der Waals surface area contributed by atoms with Crippen LogP contribution in [-0.2, 0) is 20.7 Å². The Morgan fingerprint density at radius 2 is 1.81 bits per heavy atom. The minimum absolute atomic E-state index is 0.0941. The molecule has 1 aromatic carbocycles. The fourth-order valence-electron chi connectivity index (χ4n) is 1.76. The van der Waals surface area contributed by atoms with Crippen molar-refractivity contribution in [2.75, 3.05) is 14.2 Å². The van der Waals surface area contributed by atoms with Crippen molar-refractivity contribution in [2.24, 2.45) is 0 Å². The van der Waals surface area contributed by atoms with Gasteiger partial charge in [0.05, 0.1) is 20.6 Å². The second kappa shape index (κ2) is 6.56. The van der Waals surface area contributed by atoms with Crippen LogP contribution in [0.25, 0.3) is 0 Å². The van der Waals surface area contributed by atoms with Gasteiger partial charge in [-0.3, -0.25) is 4.79 Å². The molecule has 0 fully saturated rings. The molecule has 6 heteroatoms. The summed E-state index contributed by atoms with van der Waals surface area (Å²) in [5, 5.41) is 0.